The maximum atomic E-state index is 6.25. The molecular formula is C29H38O5. The molecule has 0 heterocycles. The summed E-state index contributed by atoms with van der Waals surface area (Å²) < 4.78 is 28.8. The quantitative estimate of drug-likeness (QED) is 0.190. The Morgan fingerprint density at radius 2 is 1.71 bits per heavy atom. The fourth-order valence-corrected chi connectivity index (χ4v) is 5.20. The van der Waals surface area contributed by atoms with Crippen LogP contribution in [0.15, 0.2) is 72.1 Å². The smallest absolute Gasteiger partial charge is 0.203 e. The molecule has 5 nitrogen and oxygen atoms in total. The number of hydrogen-bond acceptors (Lipinski definition) is 5. The molecule has 2 aliphatic carbocycles. The van der Waals surface area contributed by atoms with Crippen molar-refractivity contribution in [2.75, 3.05) is 35.5 Å². The van der Waals surface area contributed by atoms with Crippen molar-refractivity contribution in [1.29, 1.82) is 0 Å². The van der Waals surface area contributed by atoms with Gasteiger partial charge in [-0.2, -0.15) is 0 Å². The standard InChI is InChI=1S/C29H38O5/c1-8-9-10-11-12-13-21(2)14-16-28(26-20-23(30-3)15-17-29(26,28)34-7)22-18-24(31-4)27(33-6)25(19-22)32-5/h8,11-13,15,18-20H,1,9-10,14,16-17H2,2-7H3. The first-order valence-corrected chi connectivity index (χ1v) is 11.7. The number of fused-ring (bicyclic) bond motifs is 1. The van der Waals surface area contributed by atoms with Crippen molar-refractivity contribution >= 4 is 0 Å². The summed E-state index contributed by atoms with van der Waals surface area (Å²) in [6, 6.07) is 4.12. The summed E-state index contributed by atoms with van der Waals surface area (Å²) in [4.78, 5) is 0. The van der Waals surface area contributed by atoms with Crippen LogP contribution in [0.4, 0.5) is 0 Å². The van der Waals surface area contributed by atoms with Gasteiger partial charge in [0.2, 0.25) is 5.75 Å². The van der Waals surface area contributed by atoms with Crippen molar-refractivity contribution in [3.63, 3.8) is 0 Å². The molecule has 1 fully saturated rings. The van der Waals surface area contributed by atoms with Gasteiger partial charge in [-0.05, 0) is 68.0 Å². The van der Waals surface area contributed by atoms with Gasteiger partial charge < -0.3 is 23.7 Å². The number of rotatable bonds is 13. The van der Waals surface area contributed by atoms with Crippen LogP contribution in [0.3, 0.4) is 0 Å². The molecule has 0 radical (unpaired) electrons. The van der Waals surface area contributed by atoms with E-state index in [0.29, 0.717) is 17.2 Å². The molecule has 1 aromatic carbocycles. The zero-order valence-corrected chi connectivity index (χ0v) is 21.4. The SMILES string of the molecule is C=CCCC=CC=C(C)CCC1(c2cc(OC)c(OC)c(OC)c2)C2=CC(OC)=CCC21OC. The molecular weight excluding hydrogens is 428 g/mol. The van der Waals surface area contributed by atoms with Gasteiger partial charge in [0, 0.05) is 13.5 Å². The van der Waals surface area contributed by atoms with E-state index in [1.54, 1.807) is 35.5 Å². The average Bonchev–Trinajstić information content (AvgIpc) is 3.48. The van der Waals surface area contributed by atoms with Crippen molar-refractivity contribution in [3.8, 4) is 17.2 Å². The average molecular weight is 467 g/mol. The van der Waals surface area contributed by atoms with Crippen LogP contribution in [0, 0.1) is 0 Å². The number of allylic oxidation sites excluding steroid dienone is 6. The van der Waals surface area contributed by atoms with E-state index in [1.807, 2.05) is 6.08 Å². The molecule has 1 saturated carbocycles. The fourth-order valence-electron chi connectivity index (χ4n) is 5.20. The second-order valence-corrected chi connectivity index (χ2v) is 8.73. The second-order valence-electron chi connectivity index (χ2n) is 8.73. The first kappa shape index (κ1) is 25.7. The Bertz CT molecular complexity index is 990. The summed E-state index contributed by atoms with van der Waals surface area (Å²) >= 11 is 0. The Labute approximate surface area is 204 Å². The lowest BCUT2D eigenvalue weighted by atomic mass is 9.84. The molecule has 0 N–H and O–H groups in total. The predicted molar refractivity (Wildman–Crippen MR) is 137 cm³/mol. The minimum Gasteiger partial charge on any atom is -0.497 e. The summed E-state index contributed by atoms with van der Waals surface area (Å²) in [5, 5.41) is 0. The monoisotopic (exact) mass is 466 g/mol. The molecule has 0 spiro atoms. The van der Waals surface area contributed by atoms with Crippen LogP contribution in [0.5, 0.6) is 17.2 Å². The summed E-state index contributed by atoms with van der Waals surface area (Å²) in [7, 11) is 8.42. The van der Waals surface area contributed by atoms with Gasteiger partial charge >= 0.3 is 0 Å². The van der Waals surface area contributed by atoms with Crippen LogP contribution >= 0.6 is 0 Å². The Balaban J connectivity index is 2.03. The molecule has 0 aromatic heterocycles. The lowest BCUT2D eigenvalue weighted by molar-refractivity contribution is 0.0629. The number of benzene rings is 1. The molecule has 2 unspecified atom stereocenters. The highest BCUT2D eigenvalue weighted by Crippen LogP contribution is 2.71. The zero-order chi connectivity index (χ0) is 24.8. The van der Waals surface area contributed by atoms with E-state index < -0.39 is 5.60 Å². The molecule has 0 aliphatic heterocycles. The highest BCUT2D eigenvalue weighted by Gasteiger charge is 2.74. The number of ether oxygens (including phenoxy) is 5. The Morgan fingerprint density at radius 3 is 2.26 bits per heavy atom. The number of hydrogen-bond donors (Lipinski definition) is 0. The minimum absolute atomic E-state index is 0.326. The summed E-state index contributed by atoms with van der Waals surface area (Å²) in [5.41, 5.74) is 2.89. The van der Waals surface area contributed by atoms with Crippen molar-refractivity contribution in [2.24, 2.45) is 0 Å². The maximum absolute atomic E-state index is 6.25. The van der Waals surface area contributed by atoms with Gasteiger partial charge in [0.05, 0.1) is 33.9 Å². The van der Waals surface area contributed by atoms with Crippen molar-refractivity contribution in [1.82, 2.24) is 0 Å². The summed E-state index contributed by atoms with van der Waals surface area (Å²) in [6.07, 6.45) is 17.3. The topological polar surface area (TPSA) is 46.2 Å². The predicted octanol–water partition coefficient (Wildman–Crippen LogP) is 6.46. The summed E-state index contributed by atoms with van der Waals surface area (Å²) in [6.45, 7) is 5.96. The van der Waals surface area contributed by atoms with E-state index in [4.69, 9.17) is 23.7 Å². The molecule has 1 aromatic rings. The Morgan fingerprint density at radius 1 is 1.00 bits per heavy atom. The van der Waals surface area contributed by atoms with Gasteiger partial charge in [-0.1, -0.05) is 29.9 Å². The number of unbranched alkanes of at least 4 members (excludes halogenated alkanes) is 1. The lowest BCUT2D eigenvalue weighted by Gasteiger charge is -2.25. The normalized spacial score (nSPS) is 23.6. The molecule has 5 heteroatoms. The Kier molecular flexibility index (Phi) is 8.32. The fraction of sp³-hybridized carbons (Fsp3) is 0.448. The molecule has 34 heavy (non-hydrogen) atoms. The zero-order valence-electron chi connectivity index (χ0n) is 21.4. The van der Waals surface area contributed by atoms with Crippen molar-refractivity contribution < 1.29 is 23.7 Å². The van der Waals surface area contributed by atoms with Gasteiger partial charge in [-0.25, -0.2) is 0 Å². The van der Waals surface area contributed by atoms with Gasteiger partial charge in [0.1, 0.15) is 11.4 Å². The van der Waals surface area contributed by atoms with Gasteiger partial charge in [0.15, 0.2) is 11.5 Å². The second kappa shape index (κ2) is 11.0. The maximum Gasteiger partial charge on any atom is 0.203 e. The first-order chi connectivity index (χ1) is 16.5. The highest BCUT2D eigenvalue weighted by molar-refractivity contribution is 5.69. The van der Waals surface area contributed by atoms with Gasteiger partial charge in [-0.15, -0.1) is 6.58 Å². The molecule has 2 aliphatic rings. The number of methoxy groups -OCH3 is 5. The van der Waals surface area contributed by atoms with E-state index in [9.17, 15) is 0 Å². The van der Waals surface area contributed by atoms with Crippen molar-refractivity contribution in [2.45, 2.75) is 50.0 Å². The molecule has 0 saturated heterocycles. The van der Waals surface area contributed by atoms with Crippen LogP contribution in [0.2, 0.25) is 0 Å². The van der Waals surface area contributed by atoms with Crippen molar-refractivity contribution in [3.05, 3.63) is 77.6 Å². The molecule has 0 bridgehead atoms. The molecule has 3 rings (SSSR count). The van der Waals surface area contributed by atoms with Crippen LogP contribution < -0.4 is 14.2 Å². The molecule has 0 amide bonds. The van der Waals surface area contributed by atoms with Crippen LogP contribution in [-0.4, -0.2) is 41.2 Å². The molecule has 184 valence electrons. The van der Waals surface area contributed by atoms with E-state index in [-0.39, 0.29) is 5.41 Å². The third-order valence-corrected chi connectivity index (χ3v) is 7.09. The van der Waals surface area contributed by atoms with Crippen LogP contribution in [0.25, 0.3) is 0 Å². The molecule has 2 atom stereocenters. The van der Waals surface area contributed by atoms with E-state index in [2.05, 4.69) is 56.0 Å². The van der Waals surface area contributed by atoms with Crippen LogP contribution in [-0.2, 0) is 14.9 Å². The van der Waals surface area contributed by atoms with E-state index >= 15 is 0 Å². The highest BCUT2D eigenvalue weighted by atomic mass is 16.5. The summed E-state index contributed by atoms with van der Waals surface area (Å²) in [5.74, 6) is 2.74. The third kappa shape index (κ3) is 4.41. The van der Waals surface area contributed by atoms with Gasteiger partial charge in [0.25, 0.3) is 0 Å². The third-order valence-electron chi connectivity index (χ3n) is 7.09. The lowest BCUT2D eigenvalue weighted by Crippen LogP contribution is -2.26. The van der Waals surface area contributed by atoms with E-state index in [0.717, 1.165) is 43.4 Å². The van der Waals surface area contributed by atoms with Crippen LogP contribution in [0.1, 0.15) is 44.6 Å². The van der Waals surface area contributed by atoms with E-state index in [1.165, 1.54) is 11.1 Å². The van der Waals surface area contributed by atoms with Gasteiger partial charge in [-0.3, -0.25) is 0 Å². The minimum atomic E-state index is -0.417. The first-order valence-electron chi connectivity index (χ1n) is 11.7. The largest absolute Gasteiger partial charge is 0.497 e. The Hall–Kier alpha value is -2.92.